The Morgan fingerprint density at radius 2 is 1.38 bits per heavy atom. The number of imide groups is 1. The smallest absolute Gasteiger partial charge is 0.330 e. The summed E-state index contributed by atoms with van der Waals surface area (Å²) in [5, 5.41) is 0.535. The van der Waals surface area contributed by atoms with Gasteiger partial charge < -0.3 is 4.84 Å². The summed E-state index contributed by atoms with van der Waals surface area (Å²) in [5.41, 5.74) is 0. The number of hydroxylamine groups is 2. The van der Waals surface area contributed by atoms with Crippen LogP contribution in [0.2, 0.25) is 0 Å². The number of hydrogen-bond acceptors (Lipinski definition) is 4. The fourth-order valence-electron chi connectivity index (χ4n) is 2.62. The van der Waals surface area contributed by atoms with Crippen molar-refractivity contribution < 1.29 is 27.4 Å². The quantitative estimate of drug-likeness (QED) is 0.179. The highest BCUT2D eigenvalue weighted by Gasteiger charge is 2.32. The molecule has 1 aliphatic heterocycles. The highest BCUT2D eigenvalue weighted by atomic mass is 16.7. The summed E-state index contributed by atoms with van der Waals surface area (Å²) in [6.07, 6.45) is 6.16. The van der Waals surface area contributed by atoms with Crippen LogP contribution in [0.4, 0.5) is 0 Å². The Bertz CT molecular complexity index is 837. The number of unbranched alkanes of at least 4 members (excludes halogenated alkanes) is 5. The zero-order valence-electron chi connectivity index (χ0n) is 23.5. The SMILES string of the molecule is [2H]/C(CCCCC)=C(\[2H])C/C([2H])=C(/[2H])C/C([2H])=C(/[2H])CCCCCCC(=O)ON1C(=O)CCC1=O. The van der Waals surface area contributed by atoms with Crippen LogP contribution in [-0.2, 0) is 19.2 Å². The van der Waals surface area contributed by atoms with Crippen molar-refractivity contribution in [2.24, 2.45) is 0 Å². The third kappa shape index (κ3) is 12.8. The Morgan fingerprint density at radius 1 is 0.862 bits per heavy atom. The summed E-state index contributed by atoms with van der Waals surface area (Å²) in [6, 6.07) is 0.0599. The Hall–Kier alpha value is -2.17. The van der Waals surface area contributed by atoms with Gasteiger partial charge in [0.15, 0.2) is 0 Å². The van der Waals surface area contributed by atoms with Crippen LogP contribution in [0.5, 0.6) is 0 Å². The van der Waals surface area contributed by atoms with Gasteiger partial charge in [-0.3, -0.25) is 9.59 Å². The van der Waals surface area contributed by atoms with Gasteiger partial charge in [0.2, 0.25) is 0 Å². The van der Waals surface area contributed by atoms with E-state index in [4.69, 9.17) is 13.1 Å². The first-order valence-corrected chi connectivity index (χ1v) is 10.6. The van der Waals surface area contributed by atoms with Gasteiger partial charge in [0.25, 0.3) is 11.8 Å². The molecule has 0 spiro atoms. The van der Waals surface area contributed by atoms with Gasteiger partial charge in [-0.1, -0.05) is 68.9 Å². The van der Waals surface area contributed by atoms with Crippen molar-refractivity contribution in [3.63, 3.8) is 0 Å². The molecule has 0 unspecified atom stereocenters. The fraction of sp³-hybridized carbons (Fsp3) is 0.625. The molecule has 0 saturated carbocycles. The van der Waals surface area contributed by atoms with Crippen LogP contribution in [0.15, 0.2) is 36.3 Å². The minimum atomic E-state index is -0.631. The first-order chi connectivity index (χ1) is 16.6. The molecule has 0 bridgehead atoms. The third-order valence-corrected chi connectivity index (χ3v) is 4.27. The van der Waals surface area contributed by atoms with Crippen molar-refractivity contribution in [2.75, 3.05) is 0 Å². The molecular weight excluding hydrogens is 366 g/mol. The molecule has 0 aromatic carbocycles. The zero-order valence-corrected chi connectivity index (χ0v) is 17.5. The van der Waals surface area contributed by atoms with Gasteiger partial charge in [0.1, 0.15) is 0 Å². The Labute approximate surface area is 184 Å². The monoisotopic (exact) mass is 409 g/mol. The van der Waals surface area contributed by atoms with E-state index in [1.807, 2.05) is 0 Å². The van der Waals surface area contributed by atoms with E-state index < -0.39 is 17.8 Å². The molecule has 1 fully saturated rings. The van der Waals surface area contributed by atoms with Gasteiger partial charge in [-0.25, -0.2) is 4.79 Å². The number of nitrogens with zero attached hydrogens (tertiary/aromatic N) is 1. The highest BCUT2D eigenvalue weighted by Crippen LogP contribution is 2.14. The van der Waals surface area contributed by atoms with Crippen LogP contribution in [0, 0.1) is 0 Å². The first-order valence-electron chi connectivity index (χ1n) is 13.6. The van der Waals surface area contributed by atoms with Gasteiger partial charge in [-0.05, 0) is 44.9 Å². The second kappa shape index (κ2) is 16.8. The van der Waals surface area contributed by atoms with Crippen molar-refractivity contribution in [3.05, 3.63) is 36.3 Å². The Kier molecular flexibility index (Phi) is 9.60. The molecule has 2 amide bonds. The van der Waals surface area contributed by atoms with Crippen molar-refractivity contribution in [2.45, 2.75) is 96.8 Å². The molecule has 1 aliphatic rings. The number of rotatable bonds is 16. The van der Waals surface area contributed by atoms with Crippen molar-refractivity contribution >= 4 is 17.8 Å². The molecule has 162 valence electrons. The Balaban J connectivity index is 2.35. The summed E-state index contributed by atoms with van der Waals surface area (Å²) in [4.78, 5) is 39.4. The number of carbonyl (C=O) groups is 3. The fourth-order valence-corrected chi connectivity index (χ4v) is 2.62. The van der Waals surface area contributed by atoms with E-state index in [2.05, 4.69) is 6.92 Å². The maximum absolute atomic E-state index is 11.7. The minimum absolute atomic E-state index is 0.0278. The van der Waals surface area contributed by atoms with Gasteiger partial charge >= 0.3 is 5.97 Å². The van der Waals surface area contributed by atoms with E-state index in [1.54, 1.807) is 0 Å². The zero-order chi connectivity index (χ0) is 26.4. The molecule has 1 saturated heterocycles. The predicted molar refractivity (Wildman–Crippen MR) is 116 cm³/mol. The molecule has 1 heterocycles. The molecule has 5 heteroatoms. The standard InChI is InChI=1S/C24H37NO4/c1-2-3-4-5-6-7-8-9-10-11-12-13-14-15-16-17-18-19-24(28)29-25-22(26)20-21-23(25)27/h6-7,9-10,12-13H,2-5,8,11,14-21H2,1H3/b7-6-,10-9-,13-12-/i6D,7D,9D,10D,12D,13D. The molecule has 29 heavy (non-hydrogen) atoms. The van der Waals surface area contributed by atoms with Crippen LogP contribution < -0.4 is 0 Å². The maximum atomic E-state index is 11.7. The number of amides is 2. The summed E-state index contributed by atoms with van der Waals surface area (Å²) in [6.45, 7) is 2.06. The molecular formula is C24H37NO4. The molecule has 0 N–H and O–H groups in total. The van der Waals surface area contributed by atoms with Crippen LogP contribution >= 0.6 is 0 Å². The van der Waals surface area contributed by atoms with Gasteiger partial charge in [0.05, 0.1) is 8.22 Å². The summed E-state index contributed by atoms with van der Waals surface area (Å²) in [7, 11) is 0. The van der Waals surface area contributed by atoms with E-state index in [0.717, 1.165) is 25.7 Å². The van der Waals surface area contributed by atoms with Gasteiger partial charge in [0, 0.05) is 19.3 Å². The lowest BCUT2D eigenvalue weighted by molar-refractivity contribution is -0.197. The number of carbonyl (C=O) groups excluding carboxylic acids is 3. The maximum Gasteiger partial charge on any atom is 0.333 e. The van der Waals surface area contributed by atoms with Gasteiger partial charge in [-0.2, -0.15) is 0 Å². The average molecular weight is 410 g/mol. The van der Waals surface area contributed by atoms with Gasteiger partial charge in [-0.15, -0.1) is 5.06 Å². The summed E-state index contributed by atoms with van der Waals surface area (Å²) in [5.74, 6) is -1.64. The van der Waals surface area contributed by atoms with Crippen molar-refractivity contribution in [1.29, 1.82) is 0 Å². The largest absolute Gasteiger partial charge is 0.333 e. The van der Waals surface area contributed by atoms with E-state index in [0.29, 0.717) is 37.2 Å². The minimum Gasteiger partial charge on any atom is -0.330 e. The summed E-state index contributed by atoms with van der Waals surface area (Å²) < 4.78 is 47.9. The molecule has 0 radical (unpaired) electrons. The average Bonchev–Trinajstić information content (AvgIpc) is 3.12. The molecule has 1 rings (SSSR count). The van der Waals surface area contributed by atoms with E-state index in [-0.39, 0.29) is 68.4 Å². The highest BCUT2D eigenvalue weighted by molar-refractivity contribution is 6.01. The molecule has 5 nitrogen and oxygen atoms in total. The van der Waals surface area contributed by atoms with Crippen molar-refractivity contribution in [1.82, 2.24) is 5.06 Å². The lowest BCUT2D eigenvalue weighted by Crippen LogP contribution is -2.31. The molecule has 0 aromatic heterocycles. The molecule has 0 aromatic rings. The second-order valence-corrected chi connectivity index (χ2v) is 6.83. The van der Waals surface area contributed by atoms with E-state index in [1.165, 1.54) is 0 Å². The second-order valence-electron chi connectivity index (χ2n) is 6.83. The molecule has 0 aliphatic carbocycles. The van der Waals surface area contributed by atoms with Crippen LogP contribution in [-0.4, -0.2) is 22.8 Å². The lowest BCUT2D eigenvalue weighted by atomic mass is 10.1. The van der Waals surface area contributed by atoms with Crippen molar-refractivity contribution in [3.8, 4) is 0 Å². The number of hydrogen-bond donors (Lipinski definition) is 0. The molecule has 0 atom stereocenters. The number of allylic oxidation sites excluding steroid dienone is 6. The third-order valence-electron chi connectivity index (χ3n) is 4.27. The summed E-state index contributed by atoms with van der Waals surface area (Å²) >= 11 is 0. The lowest BCUT2D eigenvalue weighted by Gasteiger charge is -2.12. The van der Waals surface area contributed by atoms with Crippen LogP contribution in [0.25, 0.3) is 0 Å². The van der Waals surface area contributed by atoms with Crippen LogP contribution in [0.3, 0.4) is 0 Å². The van der Waals surface area contributed by atoms with E-state index in [9.17, 15) is 14.4 Å². The Morgan fingerprint density at radius 3 is 1.97 bits per heavy atom. The normalized spacial score (nSPS) is 19.8. The topological polar surface area (TPSA) is 63.7 Å². The predicted octanol–water partition coefficient (Wildman–Crippen LogP) is 5.96. The first kappa shape index (κ1) is 16.6. The van der Waals surface area contributed by atoms with Crippen LogP contribution in [0.1, 0.15) is 105 Å². The van der Waals surface area contributed by atoms with E-state index >= 15 is 0 Å².